The zero-order valence-electron chi connectivity index (χ0n) is 22.4. The summed E-state index contributed by atoms with van der Waals surface area (Å²) >= 11 is 0. The molecule has 3 heteroatoms. The molecule has 4 rings (SSSR count). The maximum Gasteiger partial charge on any atom is 0.298 e. The third-order valence-electron chi connectivity index (χ3n) is 5.28. The molecule has 0 aliphatic carbocycles. The maximum atomic E-state index is 12.5. The number of nitrogens with zero attached hydrogens (tertiary/aromatic N) is 2. The third kappa shape index (κ3) is 9.43. The van der Waals surface area contributed by atoms with Crippen molar-refractivity contribution in [1.29, 1.82) is 0 Å². The van der Waals surface area contributed by atoms with E-state index in [4.69, 9.17) is 0 Å². The van der Waals surface area contributed by atoms with Crippen molar-refractivity contribution in [3.63, 3.8) is 0 Å². The second kappa shape index (κ2) is 18.0. The van der Waals surface area contributed by atoms with Gasteiger partial charge in [0, 0.05) is 37.7 Å². The van der Waals surface area contributed by atoms with Gasteiger partial charge < -0.3 is 4.90 Å². The molecular formula is C32H42N2O. The van der Waals surface area contributed by atoms with Crippen LogP contribution in [0.15, 0.2) is 91.0 Å². The molecule has 186 valence electrons. The average Bonchev–Trinajstić information content (AvgIpc) is 2.97. The molecule has 0 unspecified atom stereocenters. The minimum Gasteiger partial charge on any atom is -0.329 e. The van der Waals surface area contributed by atoms with Gasteiger partial charge in [-0.25, -0.2) is 0 Å². The molecule has 0 atom stereocenters. The fourth-order valence-electron chi connectivity index (χ4n) is 3.79. The van der Waals surface area contributed by atoms with Crippen LogP contribution in [0.4, 0.5) is 0 Å². The van der Waals surface area contributed by atoms with Crippen molar-refractivity contribution in [2.75, 3.05) is 26.2 Å². The number of piperazine rings is 1. The Balaban J connectivity index is 0.000000949. The van der Waals surface area contributed by atoms with Gasteiger partial charge in [-0.1, -0.05) is 126 Å². The molecule has 3 aromatic carbocycles. The summed E-state index contributed by atoms with van der Waals surface area (Å²) in [7, 11) is 0. The molecule has 3 nitrogen and oxygen atoms in total. The summed E-state index contributed by atoms with van der Waals surface area (Å²) in [5.41, 5.74) is 3.43. The molecule has 1 saturated heterocycles. The first-order valence-electron chi connectivity index (χ1n) is 13.0. The molecule has 0 bridgehead atoms. The van der Waals surface area contributed by atoms with E-state index >= 15 is 0 Å². The highest BCUT2D eigenvalue weighted by molar-refractivity contribution is 5.94. The average molecular weight is 471 g/mol. The van der Waals surface area contributed by atoms with E-state index in [-0.39, 0.29) is 11.9 Å². The minimum absolute atomic E-state index is 0.0931. The highest BCUT2D eigenvalue weighted by Gasteiger charge is 2.27. The molecule has 1 heterocycles. The Morgan fingerprint density at radius 2 is 1.03 bits per heavy atom. The number of hydrogen-bond donors (Lipinski definition) is 0. The van der Waals surface area contributed by atoms with E-state index in [1.54, 1.807) is 0 Å². The number of amides is 1. The predicted octanol–water partition coefficient (Wildman–Crippen LogP) is 7.05. The number of rotatable bonds is 3. The molecular weight excluding hydrogens is 428 g/mol. The summed E-state index contributed by atoms with van der Waals surface area (Å²) < 4.78 is 0. The number of benzene rings is 3. The summed E-state index contributed by atoms with van der Waals surface area (Å²) in [6, 6.07) is 31.0. The fourth-order valence-corrected chi connectivity index (χ4v) is 3.79. The van der Waals surface area contributed by atoms with Crippen LogP contribution in [0.25, 0.3) is 0 Å². The number of carbonyl (C=O) groups excluding carboxylic acids is 1. The molecule has 0 radical (unpaired) electrons. The Morgan fingerprint density at radius 1 is 0.629 bits per heavy atom. The van der Waals surface area contributed by atoms with Crippen molar-refractivity contribution in [2.24, 2.45) is 0 Å². The predicted molar refractivity (Wildman–Crippen MR) is 150 cm³/mol. The van der Waals surface area contributed by atoms with Gasteiger partial charge in [-0.15, -0.1) is 0 Å². The molecule has 35 heavy (non-hydrogen) atoms. The zero-order valence-corrected chi connectivity index (χ0v) is 22.4. The normalized spacial score (nSPS) is 12.4. The topological polar surface area (TPSA) is 23.6 Å². The van der Waals surface area contributed by atoms with Crippen LogP contribution >= 0.6 is 0 Å². The molecule has 3 aromatic rings. The lowest BCUT2D eigenvalue weighted by atomic mass is 9.96. The monoisotopic (exact) mass is 470 g/mol. The van der Waals surface area contributed by atoms with Gasteiger partial charge >= 0.3 is 0 Å². The van der Waals surface area contributed by atoms with E-state index in [0.717, 1.165) is 18.7 Å². The summed E-state index contributed by atoms with van der Waals surface area (Å²) in [4.78, 5) is 16.8. The maximum absolute atomic E-state index is 12.5. The van der Waals surface area contributed by atoms with Crippen molar-refractivity contribution >= 4 is 5.91 Å². The van der Waals surface area contributed by atoms with E-state index < -0.39 is 0 Å². The van der Waals surface area contributed by atoms with Crippen molar-refractivity contribution in [3.05, 3.63) is 108 Å². The summed E-state index contributed by atoms with van der Waals surface area (Å²) in [5, 5.41) is 0. The van der Waals surface area contributed by atoms with Crippen LogP contribution in [-0.4, -0.2) is 41.9 Å². The van der Waals surface area contributed by atoms with Crippen molar-refractivity contribution in [2.45, 2.75) is 47.6 Å². The van der Waals surface area contributed by atoms with Gasteiger partial charge in [0.25, 0.3) is 5.91 Å². The lowest BCUT2D eigenvalue weighted by Gasteiger charge is -2.39. The summed E-state index contributed by atoms with van der Waals surface area (Å²) in [6.07, 6.45) is 0. The van der Waals surface area contributed by atoms with Gasteiger partial charge in [-0.3, -0.25) is 9.69 Å². The van der Waals surface area contributed by atoms with Crippen LogP contribution in [0.3, 0.4) is 0 Å². The largest absolute Gasteiger partial charge is 0.329 e. The molecule has 0 aromatic heterocycles. The molecule has 1 amide bonds. The van der Waals surface area contributed by atoms with E-state index in [9.17, 15) is 4.79 Å². The van der Waals surface area contributed by atoms with Gasteiger partial charge in [0.2, 0.25) is 0 Å². The molecule has 0 saturated carbocycles. The van der Waals surface area contributed by atoms with Crippen LogP contribution in [0.5, 0.6) is 0 Å². The first-order valence-corrected chi connectivity index (χ1v) is 13.0. The van der Waals surface area contributed by atoms with Crippen LogP contribution in [0.1, 0.15) is 64.3 Å². The quantitative estimate of drug-likeness (QED) is 0.383. The van der Waals surface area contributed by atoms with Crippen LogP contribution in [-0.2, 0) is 4.79 Å². The molecule has 0 spiro atoms. The van der Waals surface area contributed by atoms with Gasteiger partial charge in [0.15, 0.2) is 0 Å². The summed E-state index contributed by atoms with van der Waals surface area (Å²) in [6.45, 7) is 15.0. The van der Waals surface area contributed by atoms with Gasteiger partial charge in [-0.05, 0) is 23.3 Å². The highest BCUT2D eigenvalue weighted by atomic mass is 16.2. The zero-order chi connectivity index (χ0) is 25.9. The van der Waals surface area contributed by atoms with Gasteiger partial charge in [0.05, 0.1) is 6.04 Å². The van der Waals surface area contributed by atoms with E-state index in [1.807, 2.05) is 88.9 Å². The third-order valence-corrected chi connectivity index (χ3v) is 5.28. The van der Waals surface area contributed by atoms with Crippen LogP contribution in [0, 0.1) is 11.8 Å². The Labute approximate surface area is 213 Å². The van der Waals surface area contributed by atoms with E-state index in [1.165, 1.54) is 11.1 Å². The van der Waals surface area contributed by atoms with Crippen molar-refractivity contribution in [3.8, 4) is 11.8 Å². The second-order valence-electron chi connectivity index (χ2n) is 7.17. The van der Waals surface area contributed by atoms with Crippen LogP contribution < -0.4 is 0 Å². The first-order chi connectivity index (χ1) is 17.3. The van der Waals surface area contributed by atoms with Crippen molar-refractivity contribution < 1.29 is 4.79 Å². The van der Waals surface area contributed by atoms with Crippen molar-refractivity contribution in [1.82, 2.24) is 9.80 Å². The second-order valence-corrected chi connectivity index (χ2v) is 7.17. The summed E-state index contributed by atoms with van der Waals surface area (Å²) in [5.74, 6) is 5.67. The molecule has 1 aliphatic heterocycles. The Kier molecular flexibility index (Phi) is 15.3. The minimum atomic E-state index is -0.0931. The standard InChI is InChI=1S/C26H24N2O.3C2H6/c29-25(17-16-22-10-4-1-5-11-22)27-18-20-28(21-19-27)26(23-12-6-2-7-13-23)24-14-8-3-9-15-24;3*1-2/h1-15,26H,18-21H2;3*1-2H3. The lowest BCUT2D eigenvalue weighted by Crippen LogP contribution is -2.49. The van der Waals surface area contributed by atoms with Gasteiger partial charge in [0.1, 0.15) is 0 Å². The first kappa shape index (κ1) is 29.7. The smallest absolute Gasteiger partial charge is 0.298 e. The fraction of sp³-hybridized carbons (Fsp3) is 0.344. The SMILES string of the molecule is CC.CC.CC.O=C(C#Cc1ccccc1)N1CCN(C(c2ccccc2)c2ccccc2)CC1. The van der Waals surface area contributed by atoms with E-state index in [0.29, 0.717) is 13.1 Å². The van der Waals surface area contributed by atoms with E-state index in [2.05, 4.69) is 65.3 Å². The molecule has 1 fully saturated rings. The van der Waals surface area contributed by atoms with Crippen LogP contribution in [0.2, 0.25) is 0 Å². The Bertz CT molecular complexity index is 944. The number of carbonyl (C=O) groups is 1. The lowest BCUT2D eigenvalue weighted by molar-refractivity contribution is -0.127. The Hall–Kier alpha value is -3.35. The highest BCUT2D eigenvalue weighted by Crippen LogP contribution is 2.29. The Morgan fingerprint density at radius 3 is 1.46 bits per heavy atom. The van der Waals surface area contributed by atoms with Gasteiger partial charge in [-0.2, -0.15) is 0 Å². The number of hydrogen-bond acceptors (Lipinski definition) is 2. The molecule has 0 N–H and O–H groups in total. The molecule has 1 aliphatic rings.